The van der Waals surface area contributed by atoms with Crippen molar-refractivity contribution < 1.29 is 14.4 Å². The molecule has 6 nitrogen and oxygen atoms in total. The van der Waals surface area contributed by atoms with Crippen molar-refractivity contribution in [2.24, 2.45) is 0 Å². The van der Waals surface area contributed by atoms with E-state index in [0.29, 0.717) is 5.69 Å². The molecule has 0 aromatic carbocycles. The third-order valence-electron chi connectivity index (χ3n) is 4.90. The Morgan fingerprint density at radius 2 is 2.09 bits per heavy atom. The van der Waals surface area contributed by atoms with Crippen LogP contribution in [0.4, 0.5) is 0 Å². The quantitative estimate of drug-likeness (QED) is 0.882. The molecule has 1 aromatic rings. The van der Waals surface area contributed by atoms with Crippen LogP contribution in [0.5, 0.6) is 0 Å². The second-order valence-corrected chi connectivity index (χ2v) is 6.69. The van der Waals surface area contributed by atoms with Gasteiger partial charge in [-0.25, -0.2) is 0 Å². The highest BCUT2D eigenvalue weighted by atomic mass is 16.5. The molecule has 0 atom stereocenters. The lowest BCUT2D eigenvalue weighted by atomic mass is 9.84. The molecule has 1 saturated heterocycles. The Morgan fingerprint density at radius 1 is 1.36 bits per heavy atom. The van der Waals surface area contributed by atoms with E-state index in [1.165, 1.54) is 12.7 Å². The molecule has 6 heteroatoms. The monoisotopic (exact) mass is 307 g/mol. The van der Waals surface area contributed by atoms with E-state index in [2.05, 4.69) is 15.4 Å². The Hall–Kier alpha value is -1.40. The Labute approximate surface area is 130 Å². The summed E-state index contributed by atoms with van der Waals surface area (Å²) in [5.41, 5.74) is -0.159. The van der Waals surface area contributed by atoms with Crippen LogP contribution >= 0.6 is 0 Å². The number of carbonyl (C=O) groups is 1. The van der Waals surface area contributed by atoms with Gasteiger partial charge in [-0.05, 0) is 25.7 Å². The number of aliphatic hydroxyl groups is 1. The lowest BCUT2D eigenvalue weighted by Gasteiger charge is -2.40. The third-order valence-corrected chi connectivity index (χ3v) is 4.90. The van der Waals surface area contributed by atoms with Crippen LogP contribution in [-0.2, 0) is 0 Å². The maximum absolute atomic E-state index is 11.9. The number of β-amino-alcohol motifs (C(OH)–C–C–N with tert-alkyl or cyclic N) is 1. The van der Waals surface area contributed by atoms with Crippen molar-refractivity contribution in [3.05, 3.63) is 18.0 Å². The van der Waals surface area contributed by atoms with E-state index >= 15 is 0 Å². The van der Waals surface area contributed by atoms with Gasteiger partial charge in [0, 0.05) is 31.7 Å². The van der Waals surface area contributed by atoms with Crippen molar-refractivity contribution in [2.45, 2.75) is 56.6 Å². The van der Waals surface area contributed by atoms with Crippen molar-refractivity contribution in [3.8, 4) is 0 Å². The summed E-state index contributed by atoms with van der Waals surface area (Å²) in [5.74, 6) is -0.168. The summed E-state index contributed by atoms with van der Waals surface area (Å²) in [6.07, 6.45) is 8.62. The zero-order valence-electron chi connectivity index (χ0n) is 13.0. The minimum absolute atomic E-state index is 0.168. The van der Waals surface area contributed by atoms with Crippen LogP contribution in [-0.4, -0.2) is 52.3 Å². The van der Waals surface area contributed by atoms with Gasteiger partial charge in [0.25, 0.3) is 5.91 Å². The summed E-state index contributed by atoms with van der Waals surface area (Å²) in [6, 6.07) is 1.75. The van der Waals surface area contributed by atoms with Crippen molar-refractivity contribution in [1.29, 1.82) is 0 Å². The van der Waals surface area contributed by atoms with Gasteiger partial charge < -0.3 is 19.8 Å². The number of rotatable bonds is 4. The van der Waals surface area contributed by atoms with Gasteiger partial charge in [0.15, 0.2) is 5.69 Å². The normalized spacial score (nSPS) is 23.3. The van der Waals surface area contributed by atoms with Crippen molar-refractivity contribution in [3.63, 3.8) is 0 Å². The summed E-state index contributed by atoms with van der Waals surface area (Å²) >= 11 is 0. The first kappa shape index (κ1) is 15.5. The van der Waals surface area contributed by atoms with Gasteiger partial charge in [-0.1, -0.05) is 24.4 Å². The second-order valence-electron chi connectivity index (χ2n) is 6.69. The fourth-order valence-electron chi connectivity index (χ4n) is 3.61. The summed E-state index contributed by atoms with van der Waals surface area (Å²) in [6.45, 7) is 2.62. The van der Waals surface area contributed by atoms with Crippen LogP contribution in [0.1, 0.15) is 55.4 Å². The van der Waals surface area contributed by atoms with Gasteiger partial charge in [0.2, 0.25) is 0 Å². The molecule has 22 heavy (non-hydrogen) atoms. The fourth-order valence-corrected chi connectivity index (χ4v) is 3.61. The van der Waals surface area contributed by atoms with Crippen LogP contribution in [0.15, 0.2) is 16.9 Å². The maximum atomic E-state index is 11.9. The van der Waals surface area contributed by atoms with E-state index in [9.17, 15) is 9.90 Å². The minimum Gasteiger partial charge on any atom is -0.389 e. The van der Waals surface area contributed by atoms with Gasteiger partial charge in [0.1, 0.15) is 6.26 Å². The SMILES string of the molecule is O=C(NC1CCN(CC2(O)CCCCC2)CC1)c1ccon1. The second kappa shape index (κ2) is 6.79. The molecule has 3 rings (SSSR count). The van der Waals surface area contributed by atoms with E-state index in [4.69, 9.17) is 4.52 Å². The van der Waals surface area contributed by atoms with Gasteiger partial charge in [-0.2, -0.15) is 0 Å². The van der Waals surface area contributed by atoms with Crippen molar-refractivity contribution in [1.82, 2.24) is 15.4 Å². The molecule has 2 heterocycles. The molecule has 1 aromatic heterocycles. The van der Waals surface area contributed by atoms with Gasteiger partial charge in [0.05, 0.1) is 5.60 Å². The molecule has 1 aliphatic carbocycles. The number of nitrogens with one attached hydrogen (secondary N) is 1. The maximum Gasteiger partial charge on any atom is 0.273 e. The molecule has 0 spiro atoms. The first-order chi connectivity index (χ1) is 10.6. The molecule has 1 saturated carbocycles. The minimum atomic E-state index is -0.491. The average molecular weight is 307 g/mol. The molecule has 0 bridgehead atoms. The van der Waals surface area contributed by atoms with Gasteiger partial charge in [-0.3, -0.25) is 4.79 Å². The largest absolute Gasteiger partial charge is 0.389 e. The lowest BCUT2D eigenvalue weighted by molar-refractivity contribution is -0.0312. The lowest BCUT2D eigenvalue weighted by Crippen LogP contribution is -2.50. The van der Waals surface area contributed by atoms with Crippen LogP contribution in [0.2, 0.25) is 0 Å². The number of hydrogen-bond donors (Lipinski definition) is 2. The third kappa shape index (κ3) is 3.87. The van der Waals surface area contributed by atoms with E-state index in [1.807, 2.05) is 0 Å². The van der Waals surface area contributed by atoms with E-state index in [0.717, 1.165) is 58.2 Å². The van der Waals surface area contributed by atoms with Crippen LogP contribution in [0.25, 0.3) is 0 Å². The molecule has 0 radical (unpaired) electrons. The van der Waals surface area contributed by atoms with Gasteiger partial charge in [-0.15, -0.1) is 0 Å². The summed E-state index contributed by atoms with van der Waals surface area (Å²) in [5, 5.41) is 17.3. The predicted octanol–water partition coefficient (Wildman–Crippen LogP) is 1.56. The Morgan fingerprint density at radius 3 is 2.73 bits per heavy atom. The van der Waals surface area contributed by atoms with Crippen molar-refractivity contribution in [2.75, 3.05) is 19.6 Å². The molecule has 2 fully saturated rings. The van der Waals surface area contributed by atoms with Crippen molar-refractivity contribution >= 4 is 5.91 Å². The number of amides is 1. The van der Waals surface area contributed by atoms with E-state index in [1.54, 1.807) is 6.07 Å². The van der Waals surface area contributed by atoms with Crippen LogP contribution in [0, 0.1) is 0 Å². The van der Waals surface area contributed by atoms with E-state index < -0.39 is 5.60 Å². The molecular formula is C16H25N3O3. The number of piperidine rings is 1. The molecular weight excluding hydrogens is 282 g/mol. The zero-order chi connectivity index (χ0) is 15.4. The molecule has 2 N–H and O–H groups in total. The fraction of sp³-hybridized carbons (Fsp3) is 0.750. The Balaban J connectivity index is 1.43. The summed E-state index contributed by atoms with van der Waals surface area (Å²) in [4.78, 5) is 14.3. The van der Waals surface area contributed by atoms with Crippen LogP contribution < -0.4 is 5.32 Å². The summed E-state index contributed by atoms with van der Waals surface area (Å²) < 4.78 is 4.69. The number of likely N-dealkylation sites (tertiary alicyclic amines) is 1. The number of nitrogens with zero attached hydrogens (tertiary/aromatic N) is 2. The van der Waals surface area contributed by atoms with Crippen LogP contribution in [0.3, 0.4) is 0 Å². The smallest absolute Gasteiger partial charge is 0.273 e. The molecule has 1 aliphatic heterocycles. The summed E-state index contributed by atoms with van der Waals surface area (Å²) in [7, 11) is 0. The average Bonchev–Trinajstić information content (AvgIpc) is 3.04. The van der Waals surface area contributed by atoms with Gasteiger partial charge >= 0.3 is 0 Å². The number of aromatic nitrogens is 1. The highest BCUT2D eigenvalue weighted by Crippen LogP contribution is 2.29. The molecule has 0 unspecified atom stereocenters. The zero-order valence-corrected chi connectivity index (χ0v) is 13.0. The predicted molar refractivity (Wildman–Crippen MR) is 81.5 cm³/mol. The van der Waals surface area contributed by atoms with E-state index in [-0.39, 0.29) is 11.9 Å². The Kier molecular flexibility index (Phi) is 4.78. The first-order valence-corrected chi connectivity index (χ1v) is 8.31. The highest BCUT2D eigenvalue weighted by molar-refractivity contribution is 5.92. The number of carbonyl (C=O) groups excluding carboxylic acids is 1. The number of hydrogen-bond acceptors (Lipinski definition) is 5. The molecule has 2 aliphatic rings. The Bertz CT molecular complexity index is 475. The first-order valence-electron chi connectivity index (χ1n) is 8.31. The molecule has 122 valence electrons. The molecule has 1 amide bonds. The topological polar surface area (TPSA) is 78.6 Å². The highest BCUT2D eigenvalue weighted by Gasteiger charge is 2.32. The standard InChI is InChI=1S/C16H25N3O3/c20-15(14-6-11-22-18-14)17-13-4-9-19(10-5-13)12-16(21)7-2-1-3-8-16/h6,11,13,21H,1-5,7-10,12H2,(H,17,20).